The number of rotatable bonds is 4. The Balaban J connectivity index is 1.89. The lowest BCUT2D eigenvalue weighted by Crippen LogP contribution is -2.13. The van der Waals surface area contributed by atoms with E-state index in [1.807, 2.05) is 0 Å². The Hall–Kier alpha value is -4.42. The Labute approximate surface area is 198 Å². The predicted molar refractivity (Wildman–Crippen MR) is 130 cm³/mol. The molecule has 5 rings (SSSR count). The van der Waals surface area contributed by atoms with E-state index < -0.39 is 6.43 Å². The number of nitrogens with one attached hydrogen (secondary N) is 1. The van der Waals surface area contributed by atoms with Crippen molar-refractivity contribution in [1.29, 1.82) is 5.26 Å². The quantitative estimate of drug-likeness (QED) is 0.395. The van der Waals surface area contributed by atoms with Crippen molar-refractivity contribution in [2.24, 2.45) is 12.8 Å². The van der Waals surface area contributed by atoms with Crippen molar-refractivity contribution in [2.75, 3.05) is 0 Å². The second kappa shape index (κ2) is 8.42. The van der Waals surface area contributed by atoms with Crippen molar-refractivity contribution in [3.63, 3.8) is 0 Å². The Morgan fingerprint density at radius 2 is 1.89 bits per heavy atom. The Kier molecular flexibility index (Phi) is 5.38. The highest BCUT2D eigenvalue weighted by Crippen LogP contribution is 2.44. The van der Waals surface area contributed by atoms with E-state index in [2.05, 4.69) is 21.4 Å². The fourth-order valence-electron chi connectivity index (χ4n) is 4.75. The van der Waals surface area contributed by atoms with Gasteiger partial charge in [0, 0.05) is 41.1 Å². The minimum Gasteiger partial charge on any atom is -0.325 e. The lowest BCUT2D eigenvalue weighted by Gasteiger charge is -2.19. The highest BCUT2D eigenvalue weighted by molar-refractivity contribution is 6.01. The highest BCUT2D eigenvalue weighted by Gasteiger charge is 2.28. The second-order valence-corrected chi connectivity index (χ2v) is 8.24. The topological polar surface area (TPSA) is 113 Å². The van der Waals surface area contributed by atoms with Crippen molar-refractivity contribution in [3.05, 3.63) is 81.4 Å². The number of benzene rings is 3. The van der Waals surface area contributed by atoms with Gasteiger partial charge in [0.2, 0.25) is 0 Å². The second-order valence-electron chi connectivity index (χ2n) is 8.24. The van der Waals surface area contributed by atoms with Crippen molar-refractivity contribution in [2.45, 2.75) is 19.9 Å². The van der Waals surface area contributed by atoms with E-state index in [0.29, 0.717) is 49.6 Å². The van der Waals surface area contributed by atoms with Gasteiger partial charge in [-0.3, -0.25) is 9.48 Å². The summed E-state index contributed by atoms with van der Waals surface area (Å²) in [5, 5.41) is 23.1. The molecule has 0 aliphatic rings. The smallest absolute Gasteiger partial charge is 0.272 e. The van der Waals surface area contributed by atoms with Crippen LogP contribution in [0, 0.1) is 18.3 Å². The zero-order valence-corrected chi connectivity index (χ0v) is 18.9. The molecule has 0 fully saturated rings. The molecule has 0 aliphatic carbocycles. The Bertz CT molecular complexity index is 1730. The maximum absolute atomic E-state index is 14.5. The standard InChI is InChI=1S/C26H20F2N6O/c1-13-15-5-3-4-6-16(15)19(10-29)23(22(13)25(27)28)24-20(12-31-34(24)2)14-7-8-17-18(9-14)21(11-30)32-33-26(17)35/h3-9,12,25H,11,30H2,1-2H3,(H,33,35). The zero-order chi connectivity index (χ0) is 24.9. The number of fused-ring (bicyclic) bond motifs is 2. The third-order valence-corrected chi connectivity index (χ3v) is 6.40. The summed E-state index contributed by atoms with van der Waals surface area (Å²) in [5.74, 6) is 0. The van der Waals surface area contributed by atoms with Crippen molar-refractivity contribution in [3.8, 4) is 28.5 Å². The zero-order valence-electron chi connectivity index (χ0n) is 18.9. The number of aromatic amines is 1. The summed E-state index contributed by atoms with van der Waals surface area (Å²) in [6, 6.07) is 14.3. The van der Waals surface area contributed by atoms with Gasteiger partial charge in [0.25, 0.3) is 12.0 Å². The summed E-state index contributed by atoms with van der Waals surface area (Å²) < 4.78 is 30.6. The first-order valence-electron chi connectivity index (χ1n) is 10.8. The number of nitrogens with zero attached hydrogens (tertiary/aromatic N) is 4. The number of alkyl halides is 2. The summed E-state index contributed by atoms with van der Waals surface area (Å²) >= 11 is 0. The summed E-state index contributed by atoms with van der Waals surface area (Å²) in [6.07, 6.45) is -1.24. The third-order valence-electron chi connectivity index (χ3n) is 6.40. The SMILES string of the molecule is Cc1c(C(F)F)c(-c2c(-c3ccc4c(=O)[nH]nc(CN)c4c3)cnn2C)c(C#N)c2ccccc12. The van der Waals surface area contributed by atoms with E-state index in [0.717, 1.165) is 0 Å². The largest absolute Gasteiger partial charge is 0.325 e. The predicted octanol–water partition coefficient (Wildman–Crippen LogP) is 4.72. The van der Waals surface area contributed by atoms with Gasteiger partial charge in [0.15, 0.2) is 0 Å². The highest BCUT2D eigenvalue weighted by atomic mass is 19.3. The minimum absolute atomic E-state index is 0.106. The first kappa shape index (κ1) is 22.4. The number of nitrogens with two attached hydrogens (primary N) is 1. The molecule has 7 nitrogen and oxygen atoms in total. The molecule has 0 radical (unpaired) electrons. The number of hydrogen-bond donors (Lipinski definition) is 2. The van der Waals surface area contributed by atoms with Crippen molar-refractivity contribution >= 4 is 21.5 Å². The van der Waals surface area contributed by atoms with Crippen LogP contribution in [-0.4, -0.2) is 20.0 Å². The van der Waals surface area contributed by atoms with Gasteiger partial charge in [-0.2, -0.15) is 15.5 Å². The van der Waals surface area contributed by atoms with Gasteiger partial charge in [-0.05, 0) is 35.6 Å². The van der Waals surface area contributed by atoms with E-state index in [4.69, 9.17) is 5.73 Å². The first-order valence-corrected chi connectivity index (χ1v) is 10.8. The number of aryl methyl sites for hydroxylation is 2. The van der Waals surface area contributed by atoms with Crippen LogP contribution in [0.5, 0.6) is 0 Å². The van der Waals surface area contributed by atoms with Crippen LogP contribution in [0.3, 0.4) is 0 Å². The third kappa shape index (κ3) is 3.38. The lowest BCUT2D eigenvalue weighted by molar-refractivity contribution is 0.151. The van der Waals surface area contributed by atoms with Crippen LogP contribution in [-0.2, 0) is 13.6 Å². The van der Waals surface area contributed by atoms with Gasteiger partial charge in [-0.25, -0.2) is 13.9 Å². The van der Waals surface area contributed by atoms with E-state index in [-0.39, 0.29) is 28.8 Å². The van der Waals surface area contributed by atoms with Crippen LogP contribution in [0.15, 0.2) is 53.5 Å². The molecule has 0 atom stereocenters. The average Bonchev–Trinajstić information content (AvgIpc) is 3.24. The Morgan fingerprint density at radius 3 is 2.57 bits per heavy atom. The van der Waals surface area contributed by atoms with E-state index in [1.165, 1.54) is 4.68 Å². The molecule has 2 aromatic heterocycles. The van der Waals surface area contributed by atoms with Gasteiger partial charge in [0.05, 0.1) is 28.5 Å². The molecule has 0 bridgehead atoms. The van der Waals surface area contributed by atoms with Crippen LogP contribution >= 0.6 is 0 Å². The van der Waals surface area contributed by atoms with Crippen LogP contribution in [0.1, 0.15) is 28.8 Å². The van der Waals surface area contributed by atoms with Crippen LogP contribution in [0.2, 0.25) is 0 Å². The molecule has 35 heavy (non-hydrogen) atoms. The minimum atomic E-state index is -2.81. The molecule has 5 aromatic rings. The summed E-state index contributed by atoms with van der Waals surface area (Å²) in [4.78, 5) is 12.3. The van der Waals surface area contributed by atoms with E-state index >= 15 is 0 Å². The molecule has 3 aromatic carbocycles. The van der Waals surface area contributed by atoms with Gasteiger partial charge in [-0.1, -0.05) is 30.3 Å². The molecule has 0 saturated heterocycles. The number of nitriles is 1. The van der Waals surface area contributed by atoms with Gasteiger partial charge >= 0.3 is 0 Å². The van der Waals surface area contributed by atoms with Gasteiger partial charge < -0.3 is 5.73 Å². The fraction of sp³-hybridized carbons (Fsp3) is 0.154. The van der Waals surface area contributed by atoms with Crippen LogP contribution in [0.25, 0.3) is 43.9 Å². The van der Waals surface area contributed by atoms with E-state index in [1.54, 1.807) is 62.6 Å². The fourth-order valence-corrected chi connectivity index (χ4v) is 4.75. The molecule has 0 spiro atoms. The normalized spacial score (nSPS) is 11.5. The van der Waals surface area contributed by atoms with E-state index in [9.17, 15) is 18.8 Å². The monoisotopic (exact) mass is 470 g/mol. The number of aromatic nitrogens is 4. The maximum atomic E-state index is 14.5. The molecule has 174 valence electrons. The average molecular weight is 470 g/mol. The molecular weight excluding hydrogens is 450 g/mol. The molecule has 0 saturated carbocycles. The first-order chi connectivity index (χ1) is 16.9. The Morgan fingerprint density at radius 1 is 1.14 bits per heavy atom. The molecule has 0 aliphatic heterocycles. The molecule has 3 N–H and O–H groups in total. The van der Waals surface area contributed by atoms with Gasteiger partial charge in [-0.15, -0.1) is 0 Å². The molecular formula is C26H20F2N6O. The molecule has 0 amide bonds. The number of halogens is 2. The molecule has 9 heteroatoms. The van der Waals surface area contributed by atoms with Crippen molar-refractivity contribution in [1.82, 2.24) is 20.0 Å². The lowest BCUT2D eigenvalue weighted by atomic mass is 9.86. The maximum Gasteiger partial charge on any atom is 0.272 e. The van der Waals surface area contributed by atoms with Gasteiger partial charge in [0.1, 0.15) is 6.07 Å². The summed E-state index contributed by atoms with van der Waals surface area (Å²) in [7, 11) is 1.65. The summed E-state index contributed by atoms with van der Waals surface area (Å²) in [6.45, 7) is 1.75. The molecule has 2 heterocycles. The number of H-pyrrole nitrogens is 1. The van der Waals surface area contributed by atoms with Crippen molar-refractivity contribution < 1.29 is 8.78 Å². The molecule has 0 unspecified atom stereocenters. The van der Waals surface area contributed by atoms with Crippen LogP contribution in [0.4, 0.5) is 8.78 Å². The van der Waals surface area contributed by atoms with Crippen LogP contribution < -0.4 is 11.3 Å². The number of hydrogen-bond acceptors (Lipinski definition) is 5. The summed E-state index contributed by atoms with van der Waals surface area (Å²) in [5.41, 5.74) is 8.06.